The van der Waals surface area contributed by atoms with Gasteiger partial charge in [0, 0.05) is 10.7 Å². The highest BCUT2D eigenvalue weighted by Gasteiger charge is 2.54. The van der Waals surface area contributed by atoms with Gasteiger partial charge in [-0.2, -0.15) is 13.2 Å². The lowest BCUT2D eigenvalue weighted by Gasteiger charge is -2.35. The molecule has 0 aliphatic heterocycles. The highest BCUT2D eigenvalue weighted by atomic mass is 79.9. The molecule has 0 aliphatic carbocycles. The molecule has 1 atom stereocenters. The summed E-state index contributed by atoms with van der Waals surface area (Å²) in [6.07, 6.45) is -5.42. The predicted molar refractivity (Wildman–Crippen MR) is 71.6 cm³/mol. The lowest BCUT2D eigenvalue weighted by molar-refractivity contribution is -0.234. The van der Waals surface area contributed by atoms with Gasteiger partial charge in [0.2, 0.25) is 0 Å². The third kappa shape index (κ3) is 3.36. The van der Waals surface area contributed by atoms with E-state index >= 15 is 0 Å². The molecular weight excluding hydrogens is 323 g/mol. The number of rotatable bonds is 4. The first-order chi connectivity index (χ1) is 8.53. The first kappa shape index (κ1) is 16.2. The van der Waals surface area contributed by atoms with Gasteiger partial charge in [0.05, 0.1) is 0 Å². The summed E-state index contributed by atoms with van der Waals surface area (Å²) in [5, 5.41) is 16.6. The molecule has 0 amide bonds. The zero-order valence-electron chi connectivity index (χ0n) is 10.6. The molecule has 0 bridgehead atoms. The topological polar surface area (TPSA) is 44.1 Å². The molecule has 0 fully saturated rings. The molecule has 2 N–H and O–H groups in total. The van der Waals surface area contributed by atoms with Crippen molar-refractivity contribution in [2.75, 3.05) is 0 Å². The lowest BCUT2D eigenvalue weighted by Crippen LogP contribution is -2.50. The van der Waals surface area contributed by atoms with Crippen molar-refractivity contribution < 1.29 is 18.3 Å². The van der Waals surface area contributed by atoms with Crippen molar-refractivity contribution in [2.24, 2.45) is 0 Å². The molecule has 2 nitrogen and oxygen atoms in total. The SMILES string of the molecule is CC(C)(CC(O)(C=N)C(F)(F)F)c1ccccc1Br. The van der Waals surface area contributed by atoms with Gasteiger partial charge < -0.3 is 10.5 Å². The number of hydrogen-bond donors (Lipinski definition) is 2. The van der Waals surface area contributed by atoms with E-state index in [-0.39, 0.29) is 6.21 Å². The molecule has 0 saturated carbocycles. The number of aliphatic hydroxyl groups is 1. The minimum atomic E-state index is -4.87. The van der Waals surface area contributed by atoms with E-state index in [1.54, 1.807) is 38.1 Å². The molecule has 0 spiro atoms. The quantitative estimate of drug-likeness (QED) is 0.799. The number of halogens is 4. The van der Waals surface area contributed by atoms with Crippen molar-refractivity contribution in [3.63, 3.8) is 0 Å². The van der Waals surface area contributed by atoms with E-state index in [2.05, 4.69) is 15.9 Å². The van der Waals surface area contributed by atoms with Gasteiger partial charge in [0.25, 0.3) is 0 Å². The Balaban J connectivity index is 3.16. The summed E-state index contributed by atoms with van der Waals surface area (Å²) in [6, 6.07) is 6.91. The van der Waals surface area contributed by atoms with Gasteiger partial charge in [-0.15, -0.1) is 0 Å². The van der Waals surface area contributed by atoms with E-state index in [0.29, 0.717) is 10.0 Å². The zero-order valence-corrected chi connectivity index (χ0v) is 12.1. The average Bonchev–Trinajstić information content (AvgIpc) is 2.27. The Morgan fingerprint density at radius 1 is 1.26 bits per heavy atom. The van der Waals surface area contributed by atoms with Gasteiger partial charge >= 0.3 is 6.18 Å². The zero-order chi connectivity index (χ0) is 14.9. The molecule has 1 unspecified atom stereocenters. The Hall–Kier alpha value is -0.880. The Morgan fingerprint density at radius 3 is 2.21 bits per heavy atom. The van der Waals surface area contributed by atoms with Crippen molar-refractivity contribution in [1.29, 1.82) is 5.41 Å². The van der Waals surface area contributed by atoms with Crippen LogP contribution in [0.15, 0.2) is 28.7 Å². The minimum absolute atomic E-state index is 0.0611. The largest absolute Gasteiger partial charge is 0.422 e. The normalized spacial score (nSPS) is 15.9. The fourth-order valence-corrected chi connectivity index (χ4v) is 2.83. The average molecular weight is 338 g/mol. The van der Waals surface area contributed by atoms with Crippen LogP contribution in [-0.4, -0.2) is 23.1 Å². The van der Waals surface area contributed by atoms with E-state index in [4.69, 9.17) is 5.41 Å². The maximum Gasteiger partial charge on any atom is 0.422 e. The molecule has 106 valence electrons. The molecule has 1 aromatic carbocycles. The van der Waals surface area contributed by atoms with Crippen LogP contribution in [0.5, 0.6) is 0 Å². The second-order valence-electron chi connectivity index (χ2n) is 5.11. The maximum atomic E-state index is 12.8. The van der Waals surface area contributed by atoms with Crippen molar-refractivity contribution >= 4 is 22.1 Å². The van der Waals surface area contributed by atoms with Crippen LogP contribution < -0.4 is 0 Å². The third-order valence-electron chi connectivity index (χ3n) is 3.04. The number of benzene rings is 1. The van der Waals surface area contributed by atoms with Crippen LogP contribution in [0.2, 0.25) is 0 Å². The van der Waals surface area contributed by atoms with E-state index in [0.717, 1.165) is 0 Å². The molecule has 0 aromatic heterocycles. The molecule has 0 heterocycles. The van der Waals surface area contributed by atoms with E-state index in [1.807, 2.05) is 0 Å². The molecule has 0 radical (unpaired) electrons. The standard InChI is InChI=1S/C13H15BrF3NO/c1-11(2,9-5-3-4-6-10(9)14)7-12(19,8-18)13(15,16)17/h3-6,8,18-19H,7H2,1-2H3. The van der Waals surface area contributed by atoms with E-state index < -0.39 is 23.6 Å². The smallest absolute Gasteiger partial charge is 0.376 e. The summed E-state index contributed by atoms with van der Waals surface area (Å²) in [7, 11) is 0. The summed E-state index contributed by atoms with van der Waals surface area (Å²) in [5.41, 5.74) is -3.41. The number of nitrogens with one attached hydrogen (secondary N) is 1. The fraction of sp³-hybridized carbons (Fsp3) is 0.462. The van der Waals surface area contributed by atoms with E-state index in [9.17, 15) is 18.3 Å². The molecule has 1 rings (SSSR count). The van der Waals surface area contributed by atoms with Crippen LogP contribution in [0, 0.1) is 5.41 Å². The maximum absolute atomic E-state index is 12.8. The van der Waals surface area contributed by atoms with Crippen molar-refractivity contribution in [1.82, 2.24) is 0 Å². The second kappa shape index (κ2) is 5.25. The van der Waals surface area contributed by atoms with E-state index in [1.165, 1.54) is 0 Å². The second-order valence-corrected chi connectivity index (χ2v) is 5.96. The van der Waals surface area contributed by atoms with Gasteiger partial charge in [-0.25, -0.2) is 0 Å². The van der Waals surface area contributed by atoms with Crippen LogP contribution in [0.3, 0.4) is 0 Å². The minimum Gasteiger partial charge on any atom is -0.376 e. The van der Waals surface area contributed by atoms with Crippen LogP contribution in [0.1, 0.15) is 25.8 Å². The van der Waals surface area contributed by atoms with Gasteiger partial charge in [0.15, 0.2) is 5.60 Å². The Kier molecular flexibility index (Phi) is 4.47. The lowest BCUT2D eigenvalue weighted by atomic mass is 9.75. The molecule has 19 heavy (non-hydrogen) atoms. The monoisotopic (exact) mass is 337 g/mol. The van der Waals surface area contributed by atoms with Gasteiger partial charge in [-0.05, 0) is 23.5 Å². The fourth-order valence-electron chi connectivity index (χ4n) is 2.01. The molecule has 1 aromatic rings. The van der Waals surface area contributed by atoms with Crippen LogP contribution in [0.4, 0.5) is 13.2 Å². The van der Waals surface area contributed by atoms with Crippen LogP contribution >= 0.6 is 15.9 Å². The summed E-state index contributed by atoms with van der Waals surface area (Å²) in [5.74, 6) is 0. The van der Waals surface area contributed by atoms with Crippen LogP contribution in [0.25, 0.3) is 0 Å². The highest BCUT2D eigenvalue weighted by Crippen LogP contribution is 2.41. The summed E-state index contributed by atoms with van der Waals surface area (Å²) >= 11 is 3.29. The first-order valence-electron chi connectivity index (χ1n) is 5.59. The number of hydrogen-bond acceptors (Lipinski definition) is 2. The molecule has 0 aliphatic rings. The Bertz CT molecular complexity index is 473. The van der Waals surface area contributed by atoms with Gasteiger partial charge in [-0.3, -0.25) is 0 Å². The van der Waals surface area contributed by atoms with Gasteiger partial charge in [0.1, 0.15) is 0 Å². The first-order valence-corrected chi connectivity index (χ1v) is 6.38. The van der Waals surface area contributed by atoms with Crippen molar-refractivity contribution in [3.05, 3.63) is 34.3 Å². The number of alkyl halides is 3. The third-order valence-corrected chi connectivity index (χ3v) is 3.74. The van der Waals surface area contributed by atoms with Gasteiger partial charge in [-0.1, -0.05) is 48.0 Å². The Labute approximate surface area is 118 Å². The summed E-state index contributed by atoms with van der Waals surface area (Å²) in [4.78, 5) is 0. The summed E-state index contributed by atoms with van der Waals surface area (Å²) in [6.45, 7) is 3.21. The van der Waals surface area contributed by atoms with Crippen molar-refractivity contribution in [3.8, 4) is 0 Å². The predicted octanol–water partition coefficient (Wildman–Crippen LogP) is 4.06. The molecular formula is C13H15BrF3NO. The Morgan fingerprint density at radius 2 is 1.79 bits per heavy atom. The molecule has 0 saturated heterocycles. The summed E-state index contributed by atoms with van der Waals surface area (Å²) < 4.78 is 39.2. The van der Waals surface area contributed by atoms with Crippen molar-refractivity contribution in [2.45, 2.75) is 37.5 Å². The van der Waals surface area contributed by atoms with Crippen LogP contribution in [-0.2, 0) is 5.41 Å². The highest BCUT2D eigenvalue weighted by molar-refractivity contribution is 9.10. The molecule has 6 heteroatoms.